The number of nitrogens with zero attached hydrogens (tertiary/aromatic N) is 1. The second kappa shape index (κ2) is 5.63. The molecule has 0 radical (unpaired) electrons. The zero-order valence-electron chi connectivity index (χ0n) is 11.6. The summed E-state index contributed by atoms with van der Waals surface area (Å²) in [6.45, 7) is 3.55. The lowest BCUT2D eigenvalue weighted by atomic mass is 10.1. The number of carbonyl (C=O) groups is 1. The van der Waals surface area contributed by atoms with E-state index < -0.39 is 10.0 Å². The van der Waals surface area contributed by atoms with Gasteiger partial charge in [-0.25, -0.2) is 13.6 Å². The molecule has 0 saturated carbocycles. The molecule has 0 fully saturated rings. The van der Waals surface area contributed by atoms with Gasteiger partial charge in [0.2, 0.25) is 10.0 Å². The molecular formula is C14H15N3O3S. The lowest BCUT2D eigenvalue weighted by Gasteiger charge is -2.10. The molecule has 0 aliphatic heterocycles. The first-order valence-corrected chi connectivity index (χ1v) is 7.69. The minimum Gasteiger partial charge on any atom is -0.322 e. The molecule has 110 valence electrons. The van der Waals surface area contributed by atoms with E-state index in [2.05, 4.69) is 10.3 Å². The fourth-order valence-corrected chi connectivity index (χ4v) is 2.33. The predicted octanol–water partition coefficient (Wildman–Crippen LogP) is 1.60. The van der Waals surface area contributed by atoms with Gasteiger partial charge in [-0.3, -0.25) is 9.78 Å². The van der Waals surface area contributed by atoms with Crippen LogP contribution in [0.3, 0.4) is 0 Å². The Morgan fingerprint density at radius 2 is 1.90 bits per heavy atom. The van der Waals surface area contributed by atoms with Crippen molar-refractivity contribution in [1.29, 1.82) is 0 Å². The quantitative estimate of drug-likeness (QED) is 0.899. The number of aryl methyl sites for hydroxylation is 2. The Labute approximate surface area is 123 Å². The van der Waals surface area contributed by atoms with Gasteiger partial charge in [0.25, 0.3) is 5.91 Å². The molecule has 0 atom stereocenters. The topological polar surface area (TPSA) is 102 Å². The number of sulfonamides is 1. The van der Waals surface area contributed by atoms with Crippen LogP contribution in [-0.4, -0.2) is 19.3 Å². The number of benzene rings is 1. The highest BCUT2D eigenvalue weighted by molar-refractivity contribution is 7.89. The third-order valence-electron chi connectivity index (χ3n) is 2.94. The summed E-state index contributed by atoms with van der Waals surface area (Å²) < 4.78 is 22.7. The first kappa shape index (κ1) is 15.1. The largest absolute Gasteiger partial charge is 0.322 e. The van der Waals surface area contributed by atoms with E-state index in [4.69, 9.17) is 5.14 Å². The van der Waals surface area contributed by atoms with Crippen LogP contribution in [-0.2, 0) is 10.0 Å². The van der Waals surface area contributed by atoms with Crippen molar-refractivity contribution in [3.8, 4) is 0 Å². The Bertz CT molecular complexity index is 801. The highest BCUT2D eigenvalue weighted by atomic mass is 32.2. The molecule has 2 aromatic rings. The molecule has 0 unspecified atom stereocenters. The van der Waals surface area contributed by atoms with Gasteiger partial charge in [0.1, 0.15) is 0 Å². The number of primary sulfonamides is 1. The normalized spacial score (nSPS) is 11.2. The van der Waals surface area contributed by atoms with Crippen molar-refractivity contribution in [1.82, 2.24) is 4.98 Å². The smallest absolute Gasteiger partial charge is 0.255 e. The number of hydrogen-bond acceptors (Lipinski definition) is 4. The molecule has 6 nitrogen and oxygen atoms in total. The van der Waals surface area contributed by atoms with Crippen molar-refractivity contribution < 1.29 is 13.2 Å². The lowest BCUT2D eigenvalue weighted by molar-refractivity contribution is 0.102. The van der Waals surface area contributed by atoms with Crippen LogP contribution >= 0.6 is 0 Å². The van der Waals surface area contributed by atoms with Crippen LogP contribution in [0.25, 0.3) is 0 Å². The fraction of sp³-hybridized carbons (Fsp3) is 0.143. The Morgan fingerprint density at radius 3 is 2.52 bits per heavy atom. The number of aromatic nitrogens is 1. The van der Waals surface area contributed by atoms with Gasteiger partial charge < -0.3 is 5.32 Å². The van der Waals surface area contributed by atoms with E-state index in [1.165, 1.54) is 18.3 Å². The van der Waals surface area contributed by atoms with E-state index >= 15 is 0 Å². The number of anilines is 1. The number of nitrogens with two attached hydrogens (primary N) is 1. The third kappa shape index (κ3) is 3.65. The first-order valence-electron chi connectivity index (χ1n) is 6.15. The summed E-state index contributed by atoms with van der Waals surface area (Å²) in [7, 11) is -3.81. The van der Waals surface area contributed by atoms with E-state index in [0.29, 0.717) is 11.3 Å². The first-order chi connectivity index (χ1) is 9.77. The summed E-state index contributed by atoms with van der Waals surface area (Å²) in [5.74, 6) is -0.338. The standard InChI is InChI=1S/C14H15N3O3S/c1-9-3-4-12(21(15,19)20)8-13(9)17-14(18)11-5-6-16-10(2)7-11/h3-8H,1-2H3,(H,17,18)(H2,15,19,20). The maximum absolute atomic E-state index is 12.2. The van der Waals surface area contributed by atoms with Gasteiger partial charge in [0, 0.05) is 23.1 Å². The van der Waals surface area contributed by atoms with Gasteiger partial charge in [-0.2, -0.15) is 0 Å². The van der Waals surface area contributed by atoms with Gasteiger partial charge in [0.05, 0.1) is 4.90 Å². The van der Waals surface area contributed by atoms with E-state index in [-0.39, 0.29) is 10.8 Å². The molecule has 1 amide bonds. The van der Waals surface area contributed by atoms with E-state index in [9.17, 15) is 13.2 Å². The summed E-state index contributed by atoms with van der Waals surface area (Å²) in [5, 5.41) is 7.77. The SMILES string of the molecule is Cc1cc(C(=O)Nc2cc(S(N)(=O)=O)ccc2C)ccn1. The molecule has 1 aromatic heterocycles. The van der Waals surface area contributed by atoms with Crippen LogP contribution in [0, 0.1) is 13.8 Å². The van der Waals surface area contributed by atoms with Crippen molar-refractivity contribution in [2.45, 2.75) is 18.7 Å². The summed E-state index contributed by atoms with van der Waals surface area (Å²) in [5.41, 5.74) is 2.31. The molecule has 1 aromatic carbocycles. The summed E-state index contributed by atoms with van der Waals surface area (Å²) in [6.07, 6.45) is 1.54. The summed E-state index contributed by atoms with van der Waals surface area (Å²) >= 11 is 0. The van der Waals surface area contributed by atoms with Gasteiger partial charge in [-0.1, -0.05) is 6.07 Å². The molecule has 1 heterocycles. The van der Waals surface area contributed by atoms with Crippen molar-refractivity contribution in [3.05, 3.63) is 53.3 Å². The van der Waals surface area contributed by atoms with Crippen molar-refractivity contribution in [2.75, 3.05) is 5.32 Å². The van der Waals surface area contributed by atoms with Crippen molar-refractivity contribution >= 4 is 21.6 Å². The Kier molecular flexibility index (Phi) is 4.06. The van der Waals surface area contributed by atoms with E-state index in [1.54, 1.807) is 32.0 Å². The zero-order valence-corrected chi connectivity index (χ0v) is 12.4. The third-order valence-corrected chi connectivity index (χ3v) is 3.86. The Balaban J connectivity index is 2.33. The lowest BCUT2D eigenvalue weighted by Crippen LogP contribution is -2.16. The minimum absolute atomic E-state index is 0.0469. The minimum atomic E-state index is -3.81. The van der Waals surface area contributed by atoms with Gasteiger partial charge in [0.15, 0.2) is 0 Å². The number of pyridine rings is 1. The van der Waals surface area contributed by atoms with Crippen LogP contribution < -0.4 is 10.5 Å². The molecule has 2 rings (SSSR count). The second-order valence-electron chi connectivity index (χ2n) is 4.66. The molecule has 0 aliphatic rings. The maximum Gasteiger partial charge on any atom is 0.255 e. The molecular weight excluding hydrogens is 290 g/mol. The van der Waals surface area contributed by atoms with E-state index in [1.807, 2.05) is 0 Å². The van der Waals surface area contributed by atoms with Crippen LogP contribution in [0.1, 0.15) is 21.6 Å². The number of rotatable bonds is 3. The molecule has 0 spiro atoms. The average Bonchev–Trinajstić information content (AvgIpc) is 2.40. The predicted molar refractivity (Wildman–Crippen MR) is 79.5 cm³/mol. The van der Waals surface area contributed by atoms with Crippen LogP contribution in [0.4, 0.5) is 5.69 Å². The fourth-order valence-electron chi connectivity index (χ4n) is 1.79. The van der Waals surface area contributed by atoms with Crippen LogP contribution in [0.15, 0.2) is 41.4 Å². The molecule has 3 N–H and O–H groups in total. The number of carbonyl (C=O) groups excluding carboxylic acids is 1. The molecule has 0 aliphatic carbocycles. The van der Waals surface area contributed by atoms with Gasteiger partial charge in [-0.05, 0) is 43.7 Å². The number of nitrogens with one attached hydrogen (secondary N) is 1. The molecule has 0 saturated heterocycles. The zero-order chi connectivity index (χ0) is 15.6. The Morgan fingerprint density at radius 1 is 1.19 bits per heavy atom. The van der Waals surface area contributed by atoms with E-state index in [0.717, 1.165) is 11.3 Å². The Hall–Kier alpha value is -2.25. The summed E-state index contributed by atoms with van der Waals surface area (Å²) in [4.78, 5) is 16.1. The molecule has 21 heavy (non-hydrogen) atoms. The van der Waals surface area contributed by atoms with Crippen LogP contribution in [0.2, 0.25) is 0 Å². The second-order valence-corrected chi connectivity index (χ2v) is 6.22. The number of hydrogen-bond donors (Lipinski definition) is 2. The highest BCUT2D eigenvalue weighted by Crippen LogP contribution is 2.20. The maximum atomic E-state index is 12.2. The molecule has 0 bridgehead atoms. The highest BCUT2D eigenvalue weighted by Gasteiger charge is 2.13. The van der Waals surface area contributed by atoms with Crippen molar-refractivity contribution in [2.24, 2.45) is 5.14 Å². The average molecular weight is 305 g/mol. The summed E-state index contributed by atoms with van der Waals surface area (Å²) in [6, 6.07) is 7.57. The van der Waals surface area contributed by atoms with Gasteiger partial charge in [-0.15, -0.1) is 0 Å². The van der Waals surface area contributed by atoms with Crippen molar-refractivity contribution in [3.63, 3.8) is 0 Å². The molecule has 7 heteroatoms. The van der Waals surface area contributed by atoms with Crippen LogP contribution in [0.5, 0.6) is 0 Å². The van der Waals surface area contributed by atoms with Gasteiger partial charge >= 0.3 is 0 Å². The number of amides is 1. The monoisotopic (exact) mass is 305 g/mol.